The van der Waals surface area contributed by atoms with Crippen LogP contribution in [0.3, 0.4) is 0 Å². The average molecular weight is 224 g/mol. The lowest BCUT2D eigenvalue weighted by molar-refractivity contribution is -0.380. The minimum absolute atomic E-state index is 0.0946. The minimum Gasteiger partial charge on any atom is -0.372 e. The molecule has 5 nitrogen and oxygen atoms in total. The molecular weight excluding hydrogens is 216 g/mol. The lowest BCUT2D eigenvalue weighted by atomic mass is 9.99. The molecule has 15 heavy (non-hydrogen) atoms. The minimum atomic E-state index is -0.426. The third-order valence-corrected chi connectivity index (χ3v) is 3.27. The molecule has 0 N–H and O–H groups in total. The molecule has 0 aromatic carbocycles. The molecule has 6 heteroatoms. The van der Waals surface area contributed by atoms with Crippen LogP contribution in [-0.2, 0) is 4.74 Å². The zero-order valence-electron chi connectivity index (χ0n) is 7.75. The second-order valence-electron chi connectivity index (χ2n) is 3.29. The zero-order chi connectivity index (χ0) is 10.8. The molecule has 1 aromatic rings. The van der Waals surface area contributed by atoms with Crippen LogP contribution < -0.4 is 0 Å². The summed E-state index contributed by atoms with van der Waals surface area (Å²) in [6.07, 6.45) is 0.408. The van der Waals surface area contributed by atoms with Gasteiger partial charge >= 0.3 is 5.00 Å². The van der Waals surface area contributed by atoms with E-state index in [-0.39, 0.29) is 17.0 Å². The number of nitriles is 1. The summed E-state index contributed by atoms with van der Waals surface area (Å²) in [6.45, 7) is 0.548. The maximum absolute atomic E-state index is 10.5. The standard InChI is InChI=1S/C9H8N2O3S/c10-4-6-1-2-14-9(6)7-3-8(11(12)13)15-5-7/h3,5-6,9H,1-2H2. The molecule has 1 aliphatic heterocycles. The molecule has 0 radical (unpaired) electrons. The van der Waals surface area contributed by atoms with Gasteiger partial charge < -0.3 is 4.74 Å². The fourth-order valence-corrected chi connectivity index (χ4v) is 2.38. The number of nitro groups is 1. The van der Waals surface area contributed by atoms with E-state index in [0.29, 0.717) is 13.0 Å². The van der Waals surface area contributed by atoms with Gasteiger partial charge in [0.15, 0.2) is 0 Å². The quantitative estimate of drug-likeness (QED) is 0.570. The highest BCUT2D eigenvalue weighted by atomic mass is 32.1. The highest BCUT2D eigenvalue weighted by Crippen LogP contribution is 2.37. The lowest BCUT2D eigenvalue weighted by Crippen LogP contribution is -2.03. The van der Waals surface area contributed by atoms with Gasteiger partial charge in [-0.25, -0.2) is 0 Å². The molecule has 0 spiro atoms. The number of hydrogen-bond donors (Lipinski definition) is 0. The van der Waals surface area contributed by atoms with Crippen molar-refractivity contribution in [3.05, 3.63) is 27.1 Å². The SMILES string of the molecule is N#CC1CCOC1c1csc([N+](=O)[O-])c1. The van der Waals surface area contributed by atoms with Crippen molar-refractivity contribution in [1.82, 2.24) is 0 Å². The summed E-state index contributed by atoms with van der Waals surface area (Å²) in [5, 5.41) is 21.1. The maximum Gasteiger partial charge on any atom is 0.324 e. The molecule has 1 aromatic heterocycles. The van der Waals surface area contributed by atoms with E-state index in [4.69, 9.17) is 10.00 Å². The smallest absolute Gasteiger partial charge is 0.324 e. The molecule has 1 fully saturated rings. The van der Waals surface area contributed by atoms with E-state index in [1.165, 1.54) is 6.07 Å². The number of hydrogen-bond acceptors (Lipinski definition) is 5. The van der Waals surface area contributed by atoms with Crippen LogP contribution in [0.2, 0.25) is 0 Å². The summed E-state index contributed by atoms with van der Waals surface area (Å²) in [4.78, 5) is 10.1. The van der Waals surface area contributed by atoms with Gasteiger partial charge in [0, 0.05) is 18.1 Å². The summed E-state index contributed by atoms with van der Waals surface area (Å²) in [5.41, 5.74) is 0.746. The largest absolute Gasteiger partial charge is 0.372 e. The van der Waals surface area contributed by atoms with Crippen LogP contribution in [0, 0.1) is 27.4 Å². The predicted octanol–water partition coefficient (Wildman–Crippen LogP) is 2.26. The van der Waals surface area contributed by atoms with E-state index >= 15 is 0 Å². The first-order chi connectivity index (χ1) is 7.22. The van der Waals surface area contributed by atoms with E-state index in [1.807, 2.05) is 0 Å². The number of ether oxygens (including phenoxy) is 1. The molecular formula is C9H8N2O3S. The van der Waals surface area contributed by atoms with Crippen molar-refractivity contribution in [1.29, 1.82) is 5.26 Å². The Bertz CT molecular complexity index is 423. The van der Waals surface area contributed by atoms with Crippen LogP contribution in [0.1, 0.15) is 18.1 Å². The Hall–Kier alpha value is -1.45. The van der Waals surface area contributed by atoms with Crippen molar-refractivity contribution >= 4 is 16.3 Å². The summed E-state index contributed by atoms with van der Waals surface area (Å²) in [7, 11) is 0. The molecule has 78 valence electrons. The van der Waals surface area contributed by atoms with Crippen molar-refractivity contribution in [3.63, 3.8) is 0 Å². The number of nitrogens with zero attached hydrogens (tertiary/aromatic N) is 2. The molecule has 0 saturated carbocycles. The summed E-state index contributed by atoms with van der Waals surface area (Å²) in [6, 6.07) is 3.65. The average Bonchev–Trinajstić information content (AvgIpc) is 2.85. The van der Waals surface area contributed by atoms with Crippen molar-refractivity contribution in [3.8, 4) is 6.07 Å². The van der Waals surface area contributed by atoms with Crippen molar-refractivity contribution < 1.29 is 9.66 Å². The Kier molecular flexibility index (Phi) is 2.66. The zero-order valence-corrected chi connectivity index (χ0v) is 8.57. The topological polar surface area (TPSA) is 76.2 Å². The molecule has 2 rings (SSSR count). The van der Waals surface area contributed by atoms with E-state index in [2.05, 4.69) is 6.07 Å². The molecule has 1 aliphatic rings. The number of thiophene rings is 1. The van der Waals surface area contributed by atoms with Crippen molar-refractivity contribution in [2.45, 2.75) is 12.5 Å². The monoisotopic (exact) mass is 224 g/mol. The van der Waals surface area contributed by atoms with Crippen molar-refractivity contribution in [2.24, 2.45) is 5.92 Å². The van der Waals surface area contributed by atoms with Gasteiger partial charge in [0.1, 0.15) is 0 Å². The first kappa shape index (κ1) is 10.1. The van der Waals surface area contributed by atoms with Gasteiger partial charge in [0.25, 0.3) is 0 Å². The fraction of sp³-hybridized carbons (Fsp3) is 0.444. The Morgan fingerprint density at radius 1 is 1.73 bits per heavy atom. The highest BCUT2D eigenvalue weighted by Gasteiger charge is 2.31. The van der Waals surface area contributed by atoms with E-state index < -0.39 is 4.92 Å². The van der Waals surface area contributed by atoms with Gasteiger partial charge in [-0.05, 0) is 12.0 Å². The Morgan fingerprint density at radius 2 is 2.53 bits per heavy atom. The normalized spacial score (nSPS) is 25.0. The second-order valence-corrected chi connectivity index (χ2v) is 4.18. The third-order valence-electron chi connectivity index (χ3n) is 2.37. The second kappa shape index (κ2) is 3.96. The molecule has 2 atom stereocenters. The molecule has 2 heterocycles. The predicted molar refractivity (Wildman–Crippen MR) is 53.4 cm³/mol. The summed E-state index contributed by atoms with van der Waals surface area (Å²) >= 11 is 1.07. The van der Waals surface area contributed by atoms with Crippen LogP contribution >= 0.6 is 11.3 Å². The molecule has 0 amide bonds. The summed E-state index contributed by atoms with van der Waals surface area (Å²) < 4.78 is 5.40. The summed E-state index contributed by atoms with van der Waals surface area (Å²) in [5.74, 6) is -0.181. The van der Waals surface area contributed by atoms with Crippen molar-refractivity contribution in [2.75, 3.05) is 6.61 Å². The van der Waals surface area contributed by atoms with Gasteiger partial charge in [0.2, 0.25) is 0 Å². The van der Waals surface area contributed by atoms with Gasteiger partial charge in [-0.1, -0.05) is 11.3 Å². The van der Waals surface area contributed by atoms with Gasteiger partial charge in [-0.15, -0.1) is 0 Å². The van der Waals surface area contributed by atoms with Crippen LogP contribution in [0.5, 0.6) is 0 Å². The molecule has 0 aliphatic carbocycles. The number of rotatable bonds is 2. The van der Waals surface area contributed by atoms with Gasteiger partial charge in [-0.3, -0.25) is 10.1 Å². The van der Waals surface area contributed by atoms with Crippen LogP contribution in [-0.4, -0.2) is 11.5 Å². The Labute approximate surface area is 90.0 Å². The van der Waals surface area contributed by atoms with Crippen LogP contribution in [0.25, 0.3) is 0 Å². The fourth-order valence-electron chi connectivity index (χ4n) is 1.63. The molecule has 2 unspecified atom stereocenters. The third kappa shape index (κ3) is 1.84. The molecule has 1 saturated heterocycles. The van der Waals surface area contributed by atoms with Gasteiger partial charge in [-0.2, -0.15) is 5.26 Å². The van der Waals surface area contributed by atoms with Crippen LogP contribution in [0.4, 0.5) is 5.00 Å². The highest BCUT2D eigenvalue weighted by molar-refractivity contribution is 7.13. The Morgan fingerprint density at radius 3 is 3.13 bits per heavy atom. The van der Waals surface area contributed by atoms with E-state index in [0.717, 1.165) is 16.9 Å². The maximum atomic E-state index is 10.5. The lowest BCUT2D eigenvalue weighted by Gasteiger charge is -2.09. The molecule has 0 bridgehead atoms. The van der Waals surface area contributed by atoms with E-state index in [9.17, 15) is 10.1 Å². The van der Waals surface area contributed by atoms with Crippen LogP contribution in [0.15, 0.2) is 11.4 Å². The first-order valence-electron chi connectivity index (χ1n) is 4.46. The van der Waals surface area contributed by atoms with E-state index in [1.54, 1.807) is 5.38 Å². The first-order valence-corrected chi connectivity index (χ1v) is 5.34. The Balaban J connectivity index is 2.22. The van der Waals surface area contributed by atoms with Gasteiger partial charge in [0.05, 0.1) is 23.0 Å².